The summed E-state index contributed by atoms with van der Waals surface area (Å²) < 4.78 is 0. The van der Waals surface area contributed by atoms with Crippen molar-refractivity contribution in [2.24, 2.45) is 5.41 Å². The quantitative estimate of drug-likeness (QED) is 0.449. The molecule has 182 valence electrons. The lowest BCUT2D eigenvalue weighted by atomic mass is 9.69. The molecular weight excluding hydrogens is 428 g/mol. The van der Waals surface area contributed by atoms with Gasteiger partial charge >= 0.3 is 0 Å². The molecule has 2 aromatic rings. The molecule has 0 saturated heterocycles. The summed E-state index contributed by atoms with van der Waals surface area (Å²) in [5.74, 6) is 0. The van der Waals surface area contributed by atoms with Gasteiger partial charge in [-0.2, -0.15) is 0 Å². The fourth-order valence-electron chi connectivity index (χ4n) is 7.13. The van der Waals surface area contributed by atoms with Crippen LogP contribution in [0.2, 0.25) is 11.1 Å². The zero-order valence-corrected chi connectivity index (χ0v) is 23.5. The van der Waals surface area contributed by atoms with Crippen LogP contribution in [0.3, 0.4) is 0 Å². The van der Waals surface area contributed by atoms with Crippen molar-refractivity contribution in [3.8, 4) is 0 Å². The molecule has 0 fully saturated rings. The average molecular weight is 473 g/mol. The van der Waals surface area contributed by atoms with Gasteiger partial charge in [0.05, 0.1) is 5.60 Å². The first kappa shape index (κ1) is 25.2. The summed E-state index contributed by atoms with van der Waals surface area (Å²) in [6, 6.07) is 23.7. The van der Waals surface area contributed by atoms with E-state index in [0.717, 1.165) is 18.9 Å². The van der Waals surface area contributed by atoms with Crippen LogP contribution in [0.25, 0.3) is 0 Å². The van der Waals surface area contributed by atoms with Crippen LogP contribution in [-0.2, 0) is 0 Å². The van der Waals surface area contributed by atoms with E-state index in [-0.39, 0.29) is 10.5 Å². The SMILES string of the molecule is CC1=C(C2=C(C[Si](c3ccccc3)(c3ccccc3)C(C)(C)C)CC(C)(O)C2)C(C)(C)CCC1. The van der Waals surface area contributed by atoms with Crippen molar-refractivity contribution in [3.63, 3.8) is 0 Å². The van der Waals surface area contributed by atoms with Crippen LogP contribution in [0.4, 0.5) is 0 Å². The zero-order valence-electron chi connectivity index (χ0n) is 22.5. The van der Waals surface area contributed by atoms with Crippen LogP contribution in [-0.4, -0.2) is 18.8 Å². The van der Waals surface area contributed by atoms with Crippen molar-refractivity contribution in [1.29, 1.82) is 0 Å². The zero-order chi connectivity index (χ0) is 24.8. The van der Waals surface area contributed by atoms with E-state index in [0.29, 0.717) is 0 Å². The van der Waals surface area contributed by atoms with Crippen LogP contribution in [0.15, 0.2) is 83.0 Å². The molecule has 0 heterocycles. The molecule has 2 aliphatic carbocycles. The van der Waals surface area contributed by atoms with Gasteiger partial charge in [-0.1, -0.05) is 117 Å². The summed E-state index contributed by atoms with van der Waals surface area (Å²) in [4.78, 5) is 0. The Morgan fingerprint density at radius 3 is 1.85 bits per heavy atom. The standard InChI is InChI=1S/C32H44OSi/c1-24-15-14-20-31(5,6)29(24)28-22-32(7,33)21-25(28)23-34(30(2,3)4,26-16-10-8-11-17-26)27-18-12-9-13-19-27/h8-13,16-19,33H,14-15,20-23H2,1-7H3. The number of benzene rings is 2. The summed E-state index contributed by atoms with van der Waals surface area (Å²) in [5, 5.41) is 14.5. The molecule has 2 heteroatoms. The molecular formula is C32H44OSi. The van der Waals surface area contributed by atoms with Gasteiger partial charge in [-0.25, -0.2) is 0 Å². The van der Waals surface area contributed by atoms with Crippen molar-refractivity contribution < 1.29 is 5.11 Å². The van der Waals surface area contributed by atoms with Gasteiger partial charge < -0.3 is 5.11 Å². The van der Waals surface area contributed by atoms with Gasteiger partial charge in [0.1, 0.15) is 8.07 Å². The lowest BCUT2D eigenvalue weighted by Crippen LogP contribution is -2.64. The Labute approximate surface area is 209 Å². The van der Waals surface area contributed by atoms with E-state index in [2.05, 4.69) is 109 Å². The monoisotopic (exact) mass is 472 g/mol. The van der Waals surface area contributed by atoms with Crippen molar-refractivity contribution >= 4 is 18.4 Å². The van der Waals surface area contributed by atoms with Gasteiger partial charge in [0.25, 0.3) is 0 Å². The molecule has 4 rings (SSSR count). The Bertz CT molecular complexity index is 1040. The molecule has 2 aromatic carbocycles. The molecule has 34 heavy (non-hydrogen) atoms. The molecule has 0 radical (unpaired) electrons. The molecule has 0 spiro atoms. The third-order valence-electron chi connectivity index (χ3n) is 8.63. The molecule has 1 atom stereocenters. The topological polar surface area (TPSA) is 20.2 Å². The minimum atomic E-state index is -2.24. The number of hydrogen-bond acceptors (Lipinski definition) is 1. The summed E-state index contributed by atoms with van der Waals surface area (Å²) in [6.45, 7) is 16.6. The second kappa shape index (κ2) is 8.95. The van der Waals surface area contributed by atoms with E-state index in [1.54, 1.807) is 11.1 Å². The van der Waals surface area contributed by atoms with E-state index in [1.165, 1.54) is 40.8 Å². The Kier molecular flexibility index (Phi) is 6.63. The van der Waals surface area contributed by atoms with Crippen LogP contribution in [0.1, 0.15) is 80.6 Å². The molecule has 1 nitrogen and oxygen atoms in total. The van der Waals surface area contributed by atoms with Gasteiger partial charge in [-0.3, -0.25) is 0 Å². The molecule has 0 saturated carbocycles. The minimum absolute atomic E-state index is 0.119. The Hall–Kier alpha value is -1.90. The maximum atomic E-state index is 11.4. The van der Waals surface area contributed by atoms with Gasteiger partial charge in [-0.05, 0) is 67.2 Å². The van der Waals surface area contributed by atoms with Crippen molar-refractivity contribution in [3.05, 3.63) is 83.0 Å². The summed E-state index contributed by atoms with van der Waals surface area (Å²) in [7, 11) is -2.24. The second-order valence-electron chi connectivity index (χ2n) is 12.9. The highest BCUT2D eigenvalue weighted by atomic mass is 28.3. The van der Waals surface area contributed by atoms with Crippen LogP contribution in [0, 0.1) is 5.41 Å². The molecule has 0 aliphatic heterocycles. The number of rotatable bonds is 5. The van der Waals surface area contributed by atoms with E-state index in [4.69, 9.17) is 0 Å². The maximum absolute atomic E-state index is 11.4. The summed E-state index contributed by atoms with van der Waals surface area (Å²) >= 11 is 0. The highest BCUT2D eigenvalue weighted by Gasteiger charge is 2.50. The minimum Gasteiger partial charge on any atom is -0.390 e. The molecule has 1 N–H and O–H groups in total. The second-order valence-corrected chi connectivity index (χ2v) is 17.7. The average Bonchev–Trinajstić information content (AvgIpc) is 3.05. The maximum Gasteiger partial charge on any atom is 0.127 e. The van der Waals surface area contributed by atoms with E-state index in [1.807, 2.05) is 0 Å². The van der Waals surface area contributed by atoms with Gasteiger partial charge in [0.15, 0.2) is 0 Å². The van der Waals surface area contributed by atoms with Crippen molar-refractivity contribution in [2.45, 2.75) is 97.3 Å². The third-order valence-corrected chi connectivity index (χ3v) is 14.8. The van der Waals surface area contributed by atoms with E-state index >= 15 is 0 Å². The van der Waals surface area contributed by atoms with Gasteiger partial charge in [-0.15, -0.1) is 0 Å². The first-order valence-electron chi connectivity index (χ1n) is 13.1. The van der Waals surface area contributed by atoms with Crippen LogP contribution < -0.4 is 10.4 Å². The van der Waals surface area contributed by atoms with Crippen LogP contribution >= 0.6 is 0 Å². The smallest absolute Gasteiger partial charge is 0.127 e. The van der Waals surface area contributed by atoms with Crippen molar-refractivity contribution in [1.82, 2.24) is 0 Å². The molecule has 1 unspecified atom stereocenters. The van der Waals surface area contributed by atoms with Gasteiger partial charge in [0.2, 0.25) is 0 Å². The molecule has 0 bridgehead atoms. The fourth-order valence-corrected chi connectivity index (χ4v) is 12.6. The lowest BCUT2D eigenvalue weighted by molar-refractivity contribution is 0.0710. The largest absolute Gasteiger partial charge is 0.390 e. The number of aliphatic hydroxyl groups is 1. The third kappa shape index (κ3) is 4.52. The Morgan fingerprint density at radius 2 is 1.38 bits per heavy atom. The highest BCUT2D eigenvalue weighted by molar-refractivity contribution is 7.04. The lowest BCUT2D eigenvalue weighted by Gasteiger charge is -2.45. The number of allylic oxidation sites excluding steroid dienone is 2. The van der Waals surface area contributed by atoms with Crippen molar-refractivity contribution in [2.75, 3.05) is 0 Å². The molecule has 0 amide bonds. The summed E-state index contributed by atoms with van der Waals surface area (Å²) in [5.41, 5.74) is 5.63. The summed E-state index contributed by atoms with van der Waals surface area (Å²) in [6.07, 6.45) is 5.28. The predicted octanol–water partition coefficient (Wildman–Crippen LogP) is 7.42. The predicted molar refractivity (Wildman–Crippen MR) is 150 cm³/mol. The number of hydrogen-bond donors (Lipinski definition) is 1. The van der Waals surface area contributed by atoms with Crippen LogP contribution in [0.5, 0.6) is 0 Å². The molecule has 0 aromatic heterocycles. The van der Waals surface area contributed by atoms with Gasteiger partial charge in [0, 0.05) is 6.42 Å². The first-order valence-corrected chi connectivity index (χ1v) is 15.3. The highest BCUT2D eigenvalue weighted by Crippen LogP contribution is 2.53. The molecule has 2 aliphatic rings. The Balaban J connectivity index is 1.97. The van der Waals surface area contributed by atoms with E-state index in [9.17, 15) is 5.11 Å². The normalized spacial score (nSPS) is 23.5. The first-order chi connectivity index (χ1) is 15.9. The van der Waals surface area contributed by atoms with E-state index < -0.39 is 13.7 Å². The Morgan fingerprint density at radius 1 is 0.853 bits per heavy atom. The fraction of sp³-hybridized carbons (Fsp3) is 0.500.